The predicted octanol–water partition coefficient (Wildman–Crippen LogP) is -0.239. The number of fused-ring (bicyclic) bond motifs is 2. The molecule has 6 aliphatic rings. The molecular formula is C24H39NO7. The van der Waals surface area contributed by atoms with Crippen LogP contribution in [0.25, 0.3) is 0 Å². The summed E-state index contributed by atoms with van der Waals surface area (Å²) in [5, 5.41) is 48.3. The van der Waals surface area contributed by atoms with E-state index < -0.39 is 45.8 Å². The molecule has 4 N–H and O–H groups in total. The van der Waals surface area contributed by atoms with Crippen LogP contribution in [-0.2, 0) is 14.2 Å². The summed E-state index contributed by atoms with van der Waals surface area (Å²) in [6.45, 7) is 4.11. The van der Waals surface area contributed by atoms with Gasteiger partial charge in [-0.15, -0.1) is 0 Å². The molecule has 0 aromatic carbocycles. The van der Waals surface area contributed by atoms with Crippen LogP contribution in [0.2, 0.25) is 0 Å². The van der Waals surface area contributed by atoms with Gasteiger partial charge >= 0.3 is 0 Å². The summed E-state index contributed by atoms with van der Waals surface area (Å²) in [5.74, 6) is -1.03. The number of rotatable bonds is 5. The van der Waals surface area contributed by atoms with Crippen molar-refractivity contribution in [3.05, 3.63) is 0 Å². The zero-order valence-electron chi connectivity index (χ0n) is 19.7. The molecule has 1 aliphatic heterocycles. The maximum absolute atomic E-state index is 12.8. The Morgan fingerprint density at radius 2 is 1.66 bits per heavy atom. The molecule has 7 bridgehead atoms. The Labute approximate surface area is 189 Å². The van der Waals surface area contributed by atoms with E-state index in [4.69, 9.17) is 14.2 Å². The molecule has 1 spiro atoms. The number of likely N-dealkylation sites (tertiary alicyclic amines) is 1. The van der Waals surface area contributed by atoms with Gasteiger partial charge < -0.3 is 34.6 Å². The molecule has 5 saturated carbocycles. The lowest BCUT2D eigenvalue weighted by molar-refractivity contribution is -0.325. The van der Waals surface area contributed by atoms with Gasteiger partial charge in [0.2, 0.25) is 0 Å². The number of hydrogen-bond acceptors (Lipinski definition) is 8. The maximum Gasteiger partial charge on any atom is 0.117 e. The van der Waals surface area contributed by atoms with Gasteiger partial charge in [0, 0.05) is 63.0 Å². The second-order valence-electron chi connectivity index (χ2n) is 11.8. The van der Waals surface area contributed by atoms with Gasteiger partial charge in [-0.2, -0.15) is 0 Å². The third-order valence-corrected chi connectivity index (χ3v) is 11.4. The Bertz CT molecular complexity index is 813. The Kier molecular flexibility index (Phi) is 4.47. The van der Waals surface area contributed by atoms with Crippen LogP contribution < -0.4 is 0 Å². The number of aliphatic hydroxyl groups is 4. The summed E-state index contributed by atoms with van der Waals surface area (Å²) in [6.07, 6.45) is 0.671. The van der Waals surface area contributed by atoms with Crippen molar-refractivity contribution in [2.45, 2.75) is 80.2 Å². The lowest BCUT2D eigenvalue weighted by Crippen LogP contribution is -2.81. The number of aliphatic hydroxyl groups excluding tert-OH is 1. The van der Waals surface area contributed by atoms with Gasteiger partial charge in [-0.3, -0.25) is 4.90 Å². The van der Waals surface area contributed by atoms with E-state index in [0.717, 1.165) is 25.9 Å². The Morgan fingerprint density at radius 3 is 2.28 bits per heavy atom. The molecule has 5 aliphatic carbocycles. The van der Waals surface area contributed by atoms with Gasteiger partial charge in [-0.25, -0.2) is 0 Å². The Hall–Kier alpha value is -0.320. The monoisotopic (exact) mass is 453 g/mol. The van der Waals surface area contributed by atoms with Gasteiger partial charge in [-0.1, -0.05) is 6.92 Å². The quantitative estimate of drug-likeness (QED) is 0.451. The van der Waals surface area contributed by atoms with Crippen LogP contribution in [0.4, 0.5) is 0 Å². The second kappa shape index (κ2) is 6.46. The molecule has 0 amide bonds. The summed E-state index contributed by atoms with van der Waals surface area (Å²) in [4.78, 5) is 2.44. The molecule has 6 rings (SSSR count). The van der Waals surface area contributed by atoms with Gasteiger partial charge in [0.15, 0.2) is 0 Å². The highest BCUT2D eigenvalue weighted by Crippen LogP contribution is 2.80. The molecule has 0 aromatic rings. The zero-order chi connectivity index (χ0) is 22.9. The molecule has 0 aromatic heterocycles. The van der Waals surface area contributed by atoms with Crippen LogP contribution in [0.1, 0.15) is 39.0 Å². The zero-order valence-corrected chi connectivity index (χ0v) is 19.7. The van der Waals surface area contributed by atoms with Crippen molar-refractivity contribution in [3.8, 4) is 0 Å². The fourth-order valence-electron chi connectivity index (χ4n) is 10.6. The fraction of sp³-hybridized carbons (Fsp3) is 1.00. The second-order valence-corrected chi connectivity index (χ2v) is 11.8. The van der Waals surface area contributed by atoms with E-state index in [9.17, 15) is 20.4 Å². The van der Waals surface area contributed by atoms with E-state index in [1.54, 1.807) is 21.3 Å². The molecule has 0 unspecified atom stereocenters. The van der Waals surface area contributed by atoms with Crippen molar-refractivity contribution < 1.29 is 34.6 Å². The van der Waals surface area contributed by atoms with Gasteiger partial charge in [0.1, 0.15) is 5.60 Å². The summed E-state index contributed by atoms with van der Waals surface area (Å²) < 4.78 is 17.6. The topological polar surface area (TPSA) is 112 Å². The minimum absolute atomic E-state index is 0.0795. The molecule has 32 heavy (non-hydrogen) atoms. The highest BCUT2D eigenvalue weighted by atomic mass is 16.5. The summed E-state index contributed by atoms with van der Waals surface area (Å²) >= 11 is 0. The third kappa shape index (κ3) is 1.96. The van der Waals surface area contributed by atoms with Crippen LogP contribution in [0, 0.1) is 28.6 Å². The van der Waals surface area contributed by atoms with Crippen LogP contribution >= 0.6 is 0 Å². The van der Waals surface area contributed by atoms with Crippen molar-refractivity contribution >= 4 is 0 Å². The maximum atomic E-state index is 12.8. The van der Waals surface area contributed by atoms with Crippen molar-refractivity contribution in [2.24, 2.45) is 28.6 Å². The van der Waals surface area contributed by atoms with E-state index in [2.05, 4.69) is 11.8 Å². The van der Waals surface area contributed by atoms with Gasteiger partial charge in [0.25, 0.3) is 0 Å². The molecule has 1 heterocycles. The third-order valence-electron chi connectivity index (χ3n) is 11.4. The summed E-state index contributed by atoms with van der Waals surface area (Å²) in [5.41, 5.74) is -4.92. The fourth-order valence-corrected chi connectivity index (χ4v) is 10.6. The van der Waals surface area contributed by atoms with E-state index in [1.165, 1.54) is 0 Å². The minimum atomic E-state index is -1.43. The molecule has 6 fully saturated rings. The molecule has 0 radical (unpaired) electrons. The highest BCUT2D eigenvalue weighted by Gasteiger charge is 2.90. The molecule has 182 valence electrons. The number of nitrogens with zero attached hydrogens (tertiary/aromatic N) is 1. The lowest BCUT2D eigenvalue weighted by atomic mass is 9.41. The van der Waals surface area contributed by atoms with E-state index in [-0.39, 0.29) is 30.4 Å². The lowest BCUT2D eigenvalue weighted by Gasteiger charge is -2.71. The van der Waals surface area contributed by atoms with Crippen LogP contribution in [0.5, 0.6) is 0 Å². The van der Waals surface area contributed by atoms with E-state index in [0.29, 0.717) is 19.4 Å². The van der Waals surface area contributed by atoms with Crippen LogP contribution in [0.15, 0.2) is 0 Å². The average molecular weight is 454 g/mol. The first-order valence-electron chi connectivity index (χ1n) is 12.3. The van der Waals surface area contributed by atoms with Crippen molar-refractivity contribution in [1.29, 1.82) is 0 Å². The molecule has 8 heteroatoms. The first-order chi connectivity index (χ1) is 15.1. The number of methoxy groups -OCH3 is 3. The largest absolute Gasteiger partial charge is 0.390 e. The molecule has 8 nitrogen and oxygen atoms in total. The molecule has 12 atom stereocenters. The van der Waals surface area contributed by atoms with Crippen molar-refractivity contribution in [2.75, 3.05) is 41.0 Å². The molecule has 1 saturated heterocycles. The van der Waals surface area contributed by atoms with Crippen LogP contribution in [0.3, 0.4) is 0 Å². The molecular weight excluding hydrogens is 414 g/mol. The van der Waals surface area contributed by atoms with Gasteiger partial charge in [-0.05, 0) is 38.1 Å². The van der Waals surface area contributed by atoms with E-state index >= 15 is 0 Å². The Balaban J connectivity index is 1.64. The number of ether oxygens (including phenoxy) is 3. The normalized spacial score (nSPS) is 62.4. The SMILES string of the molecule is CCN1C[C@]2(COC)CC[C@H](OC)[C@@]34[C@@H]5C[C@@]6(O)[C@@H](OC)C[C@@](O)([C@H]5[C@H]6O)[C@@H](C[C@]23O)[C@@H]14. The summed E-state index contributed by atoms with van der Waals surface area (Å²) in [7, 11) is 4.96. The smallest absolute Gasteiger partial charge is 0.117 e. The summed E-state index contributed by atoms with van der Waals surface area (Å²) in [6, 6.07) is -0.0795. The first-order valence-corrected chi connectivity index (χ1v) is 12.3. The average Bonchev–Trinajstić information content (AvgIpc) is 3.10. The Morgan fingerprint density at radius 1 is 0.938 bits per heavy atom. The highest BCUT2D eigenvalue weighted by molar-refractivity contribution is 5.40. The van der Waals surface area contributed by atoms with Crippen molar-refractivity contribution in [3.63, 3.8) is 0 Å². The van der Waals surface area contributed by atoms with Gasteiger partial charge in [0.05, 0.1) is 36.1 Å². The standard InChI is InChI=1S/C24H39NO7/c1-5-25-11-20(12-30-2)7-6-15(31-3)24-13-8-22(28)16(32-4)10-21(27,17(13)19(22)26)14(18(24)25)9-23(20,24)29/h13-19,26-29H,5-12H2,1-4H3/t13-,14+,15+,16+,17-,18-,19-,20+,21+,22-,23+,24-/m1/s1. The first kappa shape index (κ1) is 22.2. The van der Waals surface area contributed by atoms with E-state index in [1.807, 2.05) is 0 Å². The number of piperidine rings is 1. The minimum Gasteiger partial charge on any atom is -0.390 e. The van der Waals surface area contributed by atoms with Crippen LogP contribution in [-0.4, -0.2) is 108 Å². The number of hydrogen-bond donors (Lipinski definition) is 4. The predicted molar refractivity (Wildman–Crippen MR) is 114 cm³/mol. The van der Waals surface area contributed by atoms with Crippen molar-refractivity contribution in [1.82, 2.24) is 4.90 Å².